The lowest BCUT2D eigenvalue weighted by atomic mass is 9.89. The maximum Gasteiger partial charge on any atom is 0.471 e. The number of carbonyl (C=O) groups is 13. The number of phosphoric ester groups is 1. The van der Waals surface area contributed by atoms with Crippen molar-refractivity contribution in [2.45, 2.75) is 265 Å². The molecule has 0 heterocycles. The van der Waals surface area contributed by atoms with Gasteiger partial charge in [-0.3, -0.25) is 71.4 Å². The maximum absolute atomic E-state index is 14.7. The summed E-state index contributed by atoms with van der Waals surface area (Å²) in [6, 6.07) is -5.11. The number of carbonyl (C=O) groups excluding carboxylic acids is 11. The highest BCUT2D eigenvalue weighted by atomic mass is 33.1. The van der Waals surface area contributed by atoms with Crippen LogP contribution in [0.1, 0.15) is 174 Å². The highest BCUT2D eigenvalue weighted by molar-refractivity contribution is 8.76. The number of phosphoric acid groups is 1. The molecule has 0 radical (unpaired) electrons. The van der Waals surface area contributed by atoms with Crippen LogP contribution in [0.25, 0.3) is 0 Å². The highest BCUT2D eigenvalue weighted by Gasteiger charge is 2.37. The van der Waals surface area contributed by atoms with Gasteiger partial charge in [0.2, 0.25) is 41.4 Å². The monoisotopic (exact) mass is 1670 g/mol. The van der Waals surface area contributed by atoms with Crippen LogP contribution in [0.2, 0.25) is 0 Å². The number of rotatable bonds is 70. The van der Waals surface area contributed by atoms with Gasteiger partial charge in [-0.1, -0.05) is 54.2 Å². The molecule has 0 aromatic rings. The second kappa shape index (κ2) is 60.6. The van der Waals surface area contributed by atoms with Gasteiger partial charge in [0.05, 0.1) is 62.9 Å². The van der Waals surface area contributed by atoms with Crippen LogP contribution in [0.5, 0.6) is 0 Å². The first-order chi connectivity index (χ1) is 52.8. The van der Waals surface area contributed by atoms with Crippen molar-refractivity contribution >= 4 is 106 Å². The lowest BCUT2D eigenvalue weighted by Gasteiger charge is -2.26. The van der Waals surface area contributed by atoms with E-state index in [4.69, 9.17) is 14.7 Å². The van der Waals surface area contributed by atoms with Gasteiger partial charge < -0.3 is 129 Å². The largest absolute Gasteiger partial charge is 0.481 e. The summed E-state index contributed by atoms with van der Waals surface area (Å²) in [6.07, 6.45) is -26.8. The van der Waals surface area contributed by atoms with E-state index in [1.165, 1.54) is 28.5 Å². The normalized spacial score (nSPS) is 16.7. The van der Waals surface area contributed by atoms with Crippen molar-refractivity contribution in [3.05, 3.63) is 0 Å². The number of Topliss-reactive ketones (excluding diaryl/α,β-unsaturated/α-hetero) is 4. The number of carboxylic acid groups (broad SMARTS) is 2. The van der Waals surface area contributed by atoms with Crippen LogP contribution in [-0.2, 0) is 75.9 Å². The number of carboxylic acids is 2. The van der Waals surface area contributed by atoms with Crippen molar-refractivity contribution in [2.75, 3.05) is 71.2 Å². The number of aliphatic carboxylic acids is 2. The summed E-state index contributed by atoms with van der Waals surface area (Å²) in [5, 5.41) is 185. The van der Waals surface area contributed by atoms with E-state index in [1.54, 1.807) is 0 Å². The molecular formula is C68H120N7O34PS2. The Morgan fingerprint density at radius 1 is 0.384 bits per heavy atom. The molecule has 0 aromatic heterocycles. The van der Waals surface area contributed by atoms with Crippen LogP contribution in [0.3, 0.4) is 0 Å². The molecule has 0 rings (SSSR count). The number of hydrogen-bond donors (Lipinski definition) is 25. The highest BCUT2D eigenvalue weighted by Crippen LogP contribution is 2.42. The second-order valence-corrected chi connectivity index (χ2v) is 31.0. The van der Waals surface area contributed by atoms with Crippen LogP contribution in [0.4, 0.5) is 0 Å². The third-order valence-corrected chi connectivity index (χ3v) is 21.1. The molecule has 44 heteroatoms. The summed E-state index contributed by atoms with van der Waals surface area (Å²) in [5.74, 6) is -14.7. The zero-order valence-corrected chi connectivity index (χ0v) is 65.6. The fourth-order valence-electron chi connectivity index (χ4n) is 10.6. The van der Waals surface area contributed by atoms with Gasteiger partial charge in [0.25, 0.3) is 0 Å². The number of amides is 7. The lowest BCUT2D eigenvalue weighted by molar-refractivity contribution is -0.139. The molecule has 0 spiro atoms. The standard InChI is InChI=1S/C68H120N7O34PS2/c1-3-54(89)73-43(19-22-57(92)71-34-49(84)62(99)65(102)52(87)37-77)46(81)31-39(16-24-59(94)95)68(105)75-44(20-23-58(93)72-35-50(85)63(100)66(103)53(88)38-78)47(82)32-40(17-25-60(96)97)67(104)74-42(18-21-56(91)70-33-48(83)61(98)64(101)51(86)36-76)45(80)14-12-29-111-112-30-26-41(79)13-8-4-5-9-15-55(90)69-27-10-6-7-11-28-109-110(106,107)108-2/h39-40,42-44,48-53,61-66,76-78,83-88,98-103H,3-38H2,1-2H3,(H,69,90)(H,70,91)(H,71,92)(H,72,93)(H,73,89)(H,74,104)(H,75,105)(H,94,95)(H,96,97)(H,106,107)/t39-,40-,42+,43+,44+,48+,49+,50+,51-,52-,53-,61-,62-,63-,64-,65-,66-/m1/s1. The van der Waals surface area contributed by atoms with E-state index in [2.05, 4.69) is 41.7 Å². The van der Waals surface area contributed by atoms with E-state index in [9.17, 15) is 148 Å². The molecule has 0 saturated heterocycles. The minimum absolute atomic E-state index is 0.0110. The quantitative estimate of drug-likeness (QED) is 0.0153. The number of ketones is 4. The summed E-state index contributed by atoms with van der Waals surface area (Å²) in [4.78, 5) is 182. The van der Waals surface area contributed by atoms with Gasteiger partial charge in [0.1, 0.15) is 60.7 Å². The lowest BCUT2D eigenvalue weighted by Crippen LogP contribution is -2.50. The Morgan fingerprint density at radius 3 is 1.15 bits per heavy atom. The molecule has 0 aromatic carbocycles. The van der Waals surface area contributed by atoms with Gasteiger partial charge in [0, 0.05) is 134 Å². The summed E-state index contributed by atoms with van der Waals surface area (Å²) in [7, 11) is -0.271. The van der Waals surface area contributed by atoms with E-state index >= 15 is 0 Å². The predicted octanol–water partition coefficient (Wildman–Crippen LogP) is -5.80. The molecule has 0 aliphatic rings. The number of unbranched alkanes of at least 4 members (excludes halogenated alkanes) is 6. The zero-order chi connectivity index (χ0) is 85.1. The number of nitrogens with one attached hydrogen (secondary N) is 7. The molecule has 0 saturated carbocycles. The van der Waals surface area contributed by atoms with Gasteiger partial charge >= 0.3 is 19.8 Å². The molecule has 0 fully saturated rings. The second-order valence-electron chi connectivity index (χ2n) is 26.8. The molecule has 1 unspecified atom stereocenters. The zero-order valence-electron chi connectivity index (χ0n) is 63.1. The molecule has 18 atom stereocenters. The Morgan fingerprint density at radius 2 is 0.750 bits per heavy atom. The van der Waals surface area contributed by atoms with Crippen LogP contribution in [0.15, 0.2) is 0 Å². The van der Waals surface area contributed by atoms with Crippen molar-refractivity contribution in [1.82, 2.24) is 37.2 Å². The molecule has 0 aliphatic carbocycles. The van der Waals surface area contributed by atoms with Crippen molar-refractivity contribution in [3.8, 4) is 0 Å². The van der Waals surface area contributed by atoms with E-state index in [-0.39, 0.29) is 44.0 Å². The van der Waals surface area contributed by atoms with Gasteiger partial charge in [-0.05, 0) is 64.2 Å². The molecule has 7 amide bonds. The SMILES string of the molecule is CCC(=O)N[C@@H](CCC(=O)NC[C@H](O)[C@@H](O)[C@H](O)[C@H](O)CO)C(=O)C[C@@H](CCC(=O)O)C(=O)N[C@@H](CCC(=O)NC[C@H](O)[C@@H](O)[C@H](O)[C@H](O)CO)C(=O)C[C@@H](CCC(=O)O)C(=O)N[C@@H](CCC(=O)NC[C@H](O)[C@@H](O)[C@H](O)[C@H](O)CO)C(=O)CCCSSCCC(=O)CCCCCCC(=O)NCCCCCCOP(=O)(O)OC. The van der Waals surface area contributed by atoms with E-state index < -0.39 is 292 Å². The Bertz CT molecular complexity index is 2900. The van der Waals surface area contributed by atoms with Crippen molar-refractivity contribution in [1.29, 1.82) is 0 Å². The molecular weight excluding hydrogens is 1550 g/mol. The minimum Gasteiger partial charge on any atom is -0.481 e. The molecule has 648 valence electrons. The molecule has 0 bridgehead atoms. The average molecular weight is 1670 g/mol. The summed E-state index contributed by atoms with van der Waals surface area (Å²) < 4.78 is 20.4. The van der Waals surface area contributed by atoms with Crippen LogP contribution in [-0.4, -0.2) is 331 Å². The Hall–Kier alpha value is -5.88. The number of hydrogen-bond acceptors (Lipinski definition) is 33. The smallest absolute Gasteiger partial charge is 0.471 e. The number of aliphatic hydroxyl groups is 15. The first-order valence-corrected chi connectivity index (χ1v) is 41.1. The van der Waals surface area contributed by atoms with Gasteiger partial charge in [0.15, 0.2) is 17.3 Å². The van der Waals surface area contributed by atoms with Gasteiger partial charge in [-0.15, -0.1) is 0 Å². The first kappa shape index (κ1) is 106. The van der Waals surface area contributed by atoms with Crippen LogP contribution in [0, 0.1) is 11.8 Å². The van der Waals surface area contributed by atoms with Gasteiger partial charge in [-0.25, -0.2) is 4.57 Å². The molecule has 41 nitrogen and oxygen atoms in total. The third kappa shape index (κ3) is 47.8. The summed E-state index contributed by atoms with van der Waals surface area (Å²) in [6.45, 7) is -3.45. The average Bonchev–Trinajstić information content (AvgIpc) is 0.856. The third-order valence-electron chi connectivity index (χ3n) is 17.7. The Labute approximate surface area is 656 Å². The summed E-state index contributed by atoms with van der Waals surface area (Å²) >= 11 is 0. The van der Waals surface area contributed by atoms with E-state index in [0.717, 1.165) is 39.2 Å². The molecule has 112 heavy (non-hydrogen) atoms. The Balaban J connectivity index is 6.79. The fourth-order valence-corrected chi connectivity index (χ4v) is 13.2. The first-order valence-electron chi connectivity index (χ1n) is 37.1. The van der Waals surface area contributed by atoms with Crippen molar-refractivity contribution in [2.24, 2.45) is 11.8 Å². The molecule has 25 N–H and O–H groups in total. The fraction of sp³-hybridized carbons (Fsp3) is 0.809. The Kier molecular flexibility index (Phi) is 57.4. The topological polar surface area (TPSA) is 706 Å². The van der Waals surface area contributed by atoms with Crippen LogP contribution < -0.4 is 37.2 Å². The number of aliphatic hydroxyl groups excluding tert-OH is 15. The van der Waals surface area contributed by atoms with E-state index in [0.29, 0.717) is 50.2 Å². The van der Waals surface area contributed by atoms with Crippen molar-refractivity contribution in [3.63, 3.8) is 0 Å². The molecule has 0 aliphatic heterocycles. The van der Waals surface area contributed by atoms with Gasteiger partial charge in [-0.2, -0.15) is 0 Å². The summed E-state index contributed by atoms with van der Waals surface area (Å²) in [5.41, 5.74) is 0. The van der Waals surface area contributed by atoms with Crippen molar-refractivity contribution < 1.29 is 168 Å². The van der Waals surface area contributed by atoms with E-state index in [1.807, 2.05) is 0 Å². The maximum atomic E-state index is 14.7. The van der Waals surface area contributed by atoms with Crippen LogP contribution >= 0.6 is 29.4 Å². The minimum atomic E-state index is -4.01. The predicted molar refractivity (Wildman–Crippen MR) is 397 cm³/mol.